The molecule has 8 heteroatoms. The SMILES string of the molecule is COc1ccc(NC(=O)c2cnc3cc(C)nn3c2C)c(C(=O)O)c1. The van der Waals surface area contributed by atoms with Crippen LogP contribution in [0.1, 0.15) is 32.1 Å². The van der Waals surface area contributed by atoms with Gasteiger partial charge in [0.1, 0.15) is 5.75 Å². The lowest BCUT2D eigenvalue weighted by Crippen LogP contribution is -2.18. The Labute approximate surface area is 143 Å². The van der Waals surface area contributed by atoms with Crippen LogP contribution in [0.25, 0.3) is 5.65 Å². The van der Waals surface area contributed by atoms with E-state index in [0.717, 1.165) is 5.69 Å². The standard InChI is InChI=1S/C17H16N4O4/c1-9-6-15-18-8-13(10(2)21(15)20-9)16(22)19-14-5-4-11(25-3)7-12(14)17(23)24/h4-8H,1-3H3,(H,19,22)(H,23,24). The minimum atomic E-state index is -1.16. The average Bonchev–Trinajstić information content (AvgIpc) is 2.96. The molecule has 0 aliphatic carbocycles. The number of anilines is 1. The fourth-order valence-corrected chi connectivity index (χ4v) is 2.51. The molecule has 1 amide bonds. The third-order valence-electron chi connectivity index (χ3n) is 3.80. The molecule has 0 aliphatic heterocycles. The van der Waals surface area contributed by atoms with Crippen LogP contribution in [0, 0.1) is 13.8 Å². The molecule has 128 valence electrons. The Balaban J connectivity index is 1.98. The van der Waals surface area contributed by atoms with Crippen LogP contribution >= 0.6 is 0 Å². The molecule has 2 aromatic heterocycles. The van der Waals surface area contributed by atoms with Crippen molar-refractivity contribution in [3.05, 3.63) is 53.0 Å². The van der Waals surface area contributed by atoms with Crippen molar-refractivity contribution in [2.45, 2.75) is 13.8 Å². The Bertz CT molecular complexity index is 994. The van der Waals surface area contributed by atoms with Crippen LogP contribution in [0.15, 0.2) is 30.5 Å². The minimum absolute atomic E-state index is 0.0608. The molecular weight excluding hydrogens is 324 g/mol. The number of hydrogen-bond acceptors (Lipinski definition) is 5. The highest BCUT2D eigenvalue weighted by Crippen LogP contribution is 2.23. The lowest BCUT2D eigenvalue weighted by molar-refractivity contribution is 0.0697. The summed E-state index contributed by atoms with van der Waals surface area (Å²) in [6, 6.07) is 6.22. The number of amides is 1. The maximum atomic E-state index is 12.6. The molecule has 0 aliphatic rings. The largest absolute Gasteiger partial charge is 0.497 e. The van der Waals surface area contributed by atoms with E-state index in [4.69, 9.17) is 4.74 Å². The number of benzene rings is 1. The highest BCUT2D eigenvalue weighted by molar-refractivity contribution is 6.08. The van der Waals surface area contributed by atoms with Gasteiger partial charge in [-0.1, -0.05) is 0 Å². The van der Waals surface area contributed by atoms with Gasteiger partial charge in [-0.3, -0.25) is 4.79 Å². The van der Waals surface area contributed by atoms with Crippen molar-refractivity contribution in [2.75, 3.05) is 12.4 Å². The predicted molar refractivity (Wildman–Crippen MR) is 90.4 cm³/mol. The predicted octanol–water partition coefficient (Wildman–Crippen LogP) is 2.31. The summed E-state index contributed by atoms with van der Waals surface area (Å²) in [4.78, 5) is 28.2. The number of carbonyl (C=O) groups is 2. The van der Waals surface area contributed by atoms with E-state index < -0.39 is 11.9 Å². The number of carbonyl (C=O) groups excluding carboxylic acids is 1. The summed E-state index contributed by atoms with van der Waals surface area (Å²) in [6.45, 7) is 3.59. The molecule has 3 aromatic rings. The maximum Gasteiger partial charge on any atom is 0.337 e. The van der Waals surface area contributed by atoms with Gasteiger partial charge in [0.15, 0.2) is 5.65 Å². The zero-order chi connectivity index (χ0) is 18.1. The van der Waals surface area contributed by atoms with Crippen molar-refractivity contribution in [3.63, 3.8) is 0 Å². The van der Waals surface area contributed by atoms with Gasteiger partial charge >= 0.3 is 5.97 Å². The lowest BCUT2D eigenvalue weighted by atomic mass is 10.1. The first-order valence-corrected chi connectivity index (χ1v) is 7.45. The van der Waals surface area contributed by atoms with Crippen LogP contribution in [0.3, 0.4) is 0 Å². The fraction of sp³-hybridized carbons (Fsp3) is 0.176. The van der Waals surface area contributed by atoms with Gasteiger partial charge in [-0.25, -0.2) is 14.3 Å². The highest BCUT2D eigenvalue weighted by atomic mass is 16.5. The summed E-state index contributed by atoms with van der Waals surface area (Å²) in [5.74, 6) is -1.24. The average molecular weight is 340 g/mol. The molecule has 0 atom stereocenters. The second-order valence-electron chi connectivity index (χ2n) is 5.48. The van der Waals surface area contributed by atoms with Gasteiger partial charge < -0.3 is 15.2 Å². The van der Waals surface area contributed by atoms with Gasteiger partial charge in [0, 0.05) is 12.3 Å². The summed E-state index contributed by atoms with van der Waals surface area (Å²) in [7, 11) is 1.44. The number of methoxy groups -OCH3 is 1. The zero-order valence-electron chi connectivity index (χ0n) is 13.9. The van der Waals surface area contributed by atoms with Gasteiger partial charge in [0.25, 0.3) is 5.91 Å². The molecule has 0 fully saturated rings. The molecule has 2 N–H and O–H groups in total. The maximum absolute atomic E-state index is 12.6. The third kappa shape index (κ3) is 3.01. The molecule has 0 bridgehead atoms. The quantitative estimate of drug-likeness (QED) is 0.755. The van der Waals surface area contributed by atoms with Crippen LogP contribution in [0.4, 0.5) is 5.69 Å². The number of aromatic nitrogens is 3. The van der Waals surface area contributed by atoms with Crippen molar-refractivity contribution >= 4 is 23.2 Å². The lowest BCUT2D eigenvalue weighted by Gasteiger charge is -2.11. The van der Waals surface area contributed by atoms with Crippen LogP contribution < -0.4 is 10.1 Å². The molecule has 0 spiro atoms. The van der Waals surface area contributed by atoms with Crippen molar-refractivity contribution in [1.82, 2.24) is 14.6 Å². The van der Waals surface area contributed by atoms with E-state index in [9.17, 15) is 14.7 Å². The van der Waals surface area contributed by atoms with Crippen LogP contribution in [0.2, 0.25) is 0 Å². The molecule has 0 radical (unpaired) electrons. The first-order valence-electron chi connectivity index (χ1n) is 7.45. The molecule has 0 unspecified atom stereocenters. The zero-order valence-corrected chi connectivity index (χ0v) is 13.9. The molecule has 0 saturated heterocycles. The second kappa shape index (κ2) is 6.23. The number of nitrogens with zero attached hydrogens (tertiary/aromatic N) is 3. The Morgan fingerprint density at radius 3 is 2.64 bits per heavy atom. The van der Waals surface area contributed by atoms with Gasteiger partial charge in [-0.05, 0) is 32.0 Å². The third-order valence-corrected chi connectivity index (χ3v) is 3.80. The number of carboxylic acids is 1. The van der Waals surface area contributed by atoms with E-state index in [-0.39, 0.29) is 11.3 Å². The van der Waals surface area contributed by atoms with Crippen molar-refractivity contribution in [2.24, 2.45) is 0 Å². The molecule has 1 aromatic carbocycles. The smallest absolute Gasteiger partial charge is 0.337 e. The Morgan fingerprint density at radius 2 is 1.96 bits per heavy atom. The molecule has 8 nitrogen and oxygen atoms in total. The van der Waals surface area contributed by atoms with Crippen molar-refractivity contribution < 1.29 is 19.4 Å². The van der Waals surface area contributed by atoms with Crippen molar-refractivity contribution in [1.29, 1.82) is 0 Å². The first-order chi connectivity index (χ1) is 11.9. The summed E-state index contributed by atoms with van der Waals surface area (Å²) >= 11 is 0. The van der Waals surface area contributed by atoms with E-state index in [0.29, 0.717) is 22.7 Å². The number of nitrogens with one attached hydrogen (secondary N) is 1. The monoisotopic (exact) mass is 340 g/mol. The summed E-state index contributed by atoms with van der Waals surface area (Å²) < 4.78 is 6.60. The van der Waals surface area contributed by atoms with Crippen LogP contribution in [-0.2, 0) is 0 Å². The number of hydrogen-bond donors (Lipinski definition) is 2. The topological polar surface area (TPSA) is 106 Å². The van der Waals surface area contributed by atoms with E-state index >= 15 is 0 Å². The van der Waals surface area contributed by atoms with Gasteiger partial charge in [-0.2, -0.15) is 5.10 Å². The molecule has 3 rings (SSSR count). The summed E-state index contributed by atoms with van der Waals surface area (Å²) in [5.41, 5.74) is 2.46. The normalized spacial score (nSPS) is 10.7. The Hall–Kier alpha value is -3.42. The van der Waals surface area contributed by atoms with E-state index in [1.807, 2.05) is 6.92 Å². The Kier molecular flexibility index (Phi) is 4.10. The molecule has 2 heterocycles. The highest BCUT2D eigenvalue weighted by Gasteiger charge is 2.18. The van der Waals surface area contributed by atoms with Crippen LogP contribution in [0.5, 0.6) is 5.75 Å². The summed E-state index contributed by atoms with van der Waals surface area (Å²) in [5, 5.41) is 16.2. The van der Waals surface area contributed by atoms with Gasteiger partial charge in [0.05, 0.1) is 35.3 Å². The fourth-order valence-electron chi connectivity index (χ4n) is 2.51. The molecular formula is C17H16N4O4. The number of aromatic carboxylic acids is 1. The van der Waals surface area contributed by atoms with E-state index in [1.165, 1.54) is 25.4 Å². The molecule has 25 heavy (non-hydrogen) atoms. The minimum Gasteiger partial charge on any atom is -0.497 e. The second-order valence-corrected chi connectivity index (χ2v) is 5.48. The number of carboxylic acid groups (broad SMARTS) is 1. The van der Waals surface area contributed by atoms with E-state index in [2.05, 4.69) is 15.4 Å². The van der Waals surface area contributed by atoms with Crippen molar-refractivity contribution in [3.8, 4) is 5.75 Å². The number of aryl methyl sites for hydroxylation is 2. The summed E-state index contributed by atoms with van der Waals surface area (Å²) in [6.07, 6.45) is 1.45. The Morgan fingerprint density at radius 1 is 1.20 bits per heavy atom. The number of fused-ring (bicyclic) bond motifs is 1. The number of ether oxygens (including phenoxy) is 1. The molecule has 0 saturated carbocycles. The van der Waals surface area contributed by atoms with Gasteiger partial charge in [0.2, 0.25) is 0 Å². The van der Waals surface area contributed by atoms with Crippen LogP contribution in [-0.4, -0.2) is 38.7 Å². The first kappa shape index (κ1) is 16.4. The van der Waals surface area contributed by atoms with E-state index in [1.54, 1.807) is 23.6 Å². The van der Waals surface area contributed by atoms with Gasteiger partial charge in [-0.15, -0.1) is 0 Å². The number of rotatable bonds is 4.